The van der Waals surface area contributed by atoms with Crippen molar-refractivity contribution >= 4 is 17.3 Å². The fourth-order valence-electron chi connectivity index (χ4n) is 2.02. The van der Waals surface area contributed by atoms with Gasteiger partial charge in [-0.2, -0.15) is 0 Å². The summed E-state index contributed by atoms with van der Waals surface area (Å²) in [6.07, 6.45) is 0. The first-order chi connectivity index (χ1) is 10.5. The maximum Gasteiger partial charge on any atom is 0.259 e. The highest BCUT2D eigenvalue weighted by Gasteiger charge is 2.14. The smallest absolute Gasteiger partial charge is 0.259 e. The van der Waals surface area contributed by atoms with E-state index in [0.717, 1.165) is 5.56 Å². The van der Waals surface area contributed by atoms with Gasteiger partial charge in [0.1, 0.15) is 5.75 Å². The average Bonchev–Trinajstić information content (AvgIpc) is 2.50. The van der Waals surface area contributed by atoms with Gasteiger partial charge in [-0.1, -0.05) is 32.0 Å². The molecule has 0 aliphatic rings. The third-order valence-corrected chi connectivity index (χ3v) is 3.33. The lowest BCUT2D eigenvalue weighted by atomic mass is 10.1. The first-order valence-corrected chi connectivity index (χ1v) is 7.37. The van der Waals surface area contributed by atoms with Crippen molar-refractivity contribution in [3.63, 3.8) is 0 Å². The molecule has 0 radical (unpaired) electrons. The highest BCUT2D eigenvalue weighted by Crippen LogP contribution is 2.24. The Morgan fingerprint density at radius 2 is 1.91 bits per heavy atom. The topological polar surface area (TPSA) is 64.3 Å². The molecule has 4 nitrogen and oxygen atoms in total. The SMILES string of the molecule is Cc1c(N)cccc1NC(=O)c1ccccc1OCC(C)C. The number of carbonyl (C=O) groups excluding carboxylic acids is 1. The standard InChI is InChI=1S/C18H22N2O2/c1-12(2)11-22-17-10-5-4-7-14(17)18(21)20-16-9-6-8-15(19)13(16)3/h4-10,12H,11,19H2,1-3H3,(H,20,21). The second-order valence-electron chi connectivity index (χ2n) is 5.67. The molecule has 0 aromatic heterocycles. The summed E-state index contributed by atoms with van der Waals surface area (Å²) in [5.74, 6) is 0.788. The number of nitrogen functional groups attached to an aromatic ring is 1. The zero-order valence-electron chi connectivity index (χ0n) is 13.2. The summed E-state index contributed by atoms with van der Waals surface area (Å²) >= 11 is 0. The Labute approximate surface area is 131 Å². The van der Waals surface area contributed by atoms with Crippen molar-refractivity contribution in [3.8, 4) is 5.75 Å². The summed E-state index contributed by atoms with van der Waals surface area (Å²) in [4.78, 5) is 12.5. The van der Waals surface area contributed by atoms with Crippen molar-refractivity contribution in [2.75, 3.05) is 17.7 Å². The molecule has 0 bridgehead atoms. The number of hydrogen-bond donors (Lipinski definition) is 2. The summed E-state index contributed by atoms with van der Waals surface area (Å²) in [7, 11) is 0. The van der Waals surface area contributed by atoms with E-state index >= 15 is 0 Å². The predicted molar refractivity (Wildman–Crippen MR) is 90.3 cm³/mol. The van der Waals surface area contributed by atoms with Crippen LogP contribution in [0, 0.1) is 12.8 Å². The molecule has 1 amide bonds. The van der Waals surface area contributed by atoms with Gasteiger partial charge in [0.25, 0.3) is 5.91 Å². The molecule has 2 aromatic rings. The zero-order valence-corrected chi connectivity index (χ0v) is 13.2. The lowest BCUT2D eigenvalue weighted by Gasteiger charge is -2.14. The largest absolute Gasteiger partial charge is 0.492 e. The molecule has 0 heterocycles. The van der Waals surface area contributed by atoms with Gasteiger partial charge in [-0.05, 0) is 42.7 Å². The number of carbonyl (C=O) groups is 1. The number of anilines is 2. The number of rotatable bonds is 5. The Morgan fingerprint density at radius 3 is 2.64 bits per heavy atom. The van der Waals surface area contributed by atoms with Gasteiger partial charge in [0.05, 0.1) is 12.2 Å². The van der Waals surface area contributed by atoms with E-state index in [9.17, 15) is 4.79 Å². The average molecular weight is 298 g/mol. The molecule has 0 spiro atoms. The summed E-state index contributed by atoms with van der Waals surface area (Å²) < 4.78 is 5.73. The zero-order chi connectivity index (χ0) is 16.1. The number of amides is 1. The Kier molecular flexibility index (Phi) is 5.04. The molecule has 22 heavy (non-hydrogen) atoms. The Morgan fingerprint density at radius 1 is 1.18 bits per heavy atom. The van der Waals surface area contributed by atoms with Crippen LogP contribution in [0.3, 0.4) is 0 Å². The Hall–Kier alpha value is -2.49. The van der Waals surface area contributed by atoms with Crippen LogP contribution in [0.25, 0.3) is 0 Å². The molecular weight excluding hydrogens is 276 g/mol. The van der Waals surface area contributed by atoms with Gasteiger partial charge in [-0.25, -0.2) is 0 Å². The number of nitrogens with one attached hydrogen (secondary N) is 1. The van der Waals surface area contributed by atoms with E-state index in [1.807, 2.05) is 43.3 Å². The number of hydrogen-bond acceptors (Lipinski definition) is 3. The molecule has 116 valence electrons. The monoisotopic (exact) mass is 298 g/mol. The maximum atomic E-state index is 12.5. The van der Waals surface area contributed by atoms with Crippen LogP contribution < -0.4 is 15.8 Å². The van der Waals surface area contributed by atoms with Crippen molar-refractivity contribution in [2.24, 2.45) is 5.92 Å². The van der Waals surface area contributed by atoms with Crippen molar-refractivity contribution in [2.45, 2.75) is 20.8 Å². The summed E-state index contributed by atoms with van der Waals surface area (Å²) in [6, 6.07) is 12.7. The molecule has 0 saturated heterocycles. The Bertz CT molecular complexity index is 666. The van der Waals surface area contributed by atoms with Gasteiger partial charge >= 0.3 is 0 Å². The number of para-hydroxylation sites is 1. The first-order valence-electron chi connectivity index (χ1n) is 7.37. The van der Waals surface area contributed by atoms with Crippen LogP contribution in [0.5, 0.6) is 5.75 Å². The first kappa shape index (κ1) is 15.9. The number of nitrogens with two attached hydrogens (primary N) is 1. The van der Waals surface area contributed by atoms with Gasteiger partial charge in [0, 0.05) is 11.4 Å². The summed E-state index contributed by atoms with van der Waals surface area (Å²) in [5, 5.41) is 2.90. The van der Waals surface area contributed by atoms with Crippen LogP contribution in [0.4, 0.5) is 11.4 Å². The van der Waals surface area contributed by atoms with Crippen LogP contribution in [0.15, 0.2) is 42.5 Å². The van der Waals surface area contributed by atoms with Crippen LogP contribution in [-0.2, 0) is 0 Å². The fraction of sp³-hybridized carbons (Fsp3) is 0.278. The van der Waals surface area contributed by atoms with Gasteiger partial charge in [0.15, 0.2) is 0 Å². The molecule has 3 N–H and O–H groups in total. The Balaban J connectivity index is 2.21. The van der Waals surface area contributed by atoms with Gasteiger partial charge in [0.2, 0.25) is 0 Å². The minimum atomic E-state index is -0.201. The molecule has 2 aromatic carbocycles. The minimum absolute atomic E-state index is 0.201. The van der Waals surface area contributed by atoms with Crippen molar-refractivity contribution in [1.29, 1.82) is 0 Å². The van der Waals surface area contributed by atoms with Gasteiger partial charge < -0.3 is 15.8 Å². The number of ether oxygens (including phenoxy) is 1. The second-order valence-corrected chi connectivity index (χ2v) is 5.67. The molecule has 0 fully saturated rings. The third kappa shape index (κ3) is 3.79. The van der Waals surface area contributed by atoms with E-state index in [1.165, 1.54) is 0 Å². The van der Waals surface area contributed by atoms with E-state index in [1.54, 1.807) is 6.07 Å². The lowest BCUT2D eigenvalue weighted by Crippen LogP contribution is -2.15. The normalized spacial score (nSPS) is 10.5. The van der Waals surface area contributed by atoms with Crippen molar-refractivity contribution in [3.05, 3.63) is 53.6 Å². The maximum absolute atomic E-state index is 12.5. The molecule has 0 atom stereocenters. The van der Waals surface area contributed by atoms with E-state index in [2.05, 4.69) is 19.2 Å². The molecule has 0 unspecified atom stereocenters. The van der Waals surface area contributed by atoms with Crippen molar-refractivity contribution < 1.29 is 9.53 Å². The molecule has 0 aliphatic heterocycles. The van der Waals surface area contributed by atoms with E-state index < -0.39 is 0 Å². The third-order valence-electron chi connectivity index (χ3n) is 3.33. The van der Waals surface area contributed by atoms with E-state index in [0.29, 0.717) is 35.2 Å². The van der Waals surface area contributed by atoms with Crippen LogP contribution in [-0.4, -0.2) is 12.5 Å². The van der Waals surface area contributed by atoms with Crippen molar-refractivity contribution in [1.82, 2.24) is 0 Å². The predicted octanol–water partition coefficient (Wildman–Crippen LogP) is 3.86. The molecule has 0 saturated carbocycles. The van der Waals surface area contributed by atoms with Crippen LogP contribution >= 0.6 is 0 Å². The molecule has 4 heteroatoms. The fourth-order valence-corrected chi connectivity index (χ4v) is 2.02. The van der Waals surface area contributed by atoms with Gasteiger partial charge in [-0.3, -0.25) is 4.79 Å². The quantitative estimate of drug-likeness (QED) is 0.824. The molecular formula is C18H22N2O2. The minimum Gasteiger partial charge on any atom is -0.492 e. The van der Waals surface area contributed by atoms with Crippen LogP contribution in [0.1, 0.15) is 29.8 Å². The van der Waals surface area contributed by atoms with Gasteiger partial charge in [-0.15, -0.1) is 0 Å². The van der Waals surface area contributed by atoms with E-state index in [4.69, 9.17) is 10.5 Å². The molecule has 2 rings (SSSR count). The summed E-state index contributed by atoms with van der Waals surface area (Å²) in [6.45, 7) is 6.59. The van der Waals surface area contributed by atoms with Crippen LogP contribution in [0.2, 0.25) is 0 Å². The highest BCUT2D eigenvalue weighted by atomic mass is 16.5. The second kappa shape index (κ2) is 6.98. The number of benzene rings is 2. The summed E-state index contributed by atoms with van der Waals surface area (Å²) in [5.41, 5.74) is 8.61. The highest BCUT2D eigenvalue weighted by molar-refractivity contribution is 6.06. The lowest BCUT2D eigenvalue weighted by molar-refractivity contribution is 0.102. The van der Waals surface area contributed by atoms with E-state index in [-0.39, 0.29) is 5.91 Å². The molecule has 0 aliphatic carbocycles.